The van der Waals surface area contributed by atoms with Gasteiger partial charge in [0.1, 0.15) is 6.04 Å². The molecule has 110 valence electrons. The van der Waals surface area contributed by atoms with Gasteiger partial charge in [-0.25, -0.2) is 0 Å². The maximum Gasteiger partial charge on any atom is 0.320 e. The van der Waals surface area contributed by atoms with E-state index in [1.807, 2.05) is 36.4 Å². The lowest BCUT2D eigenvalue weighted by molar-refractivity contribution is -0.138. The summed E-state index contributed by atoms with van der Waals surface area (Å²) in [6.07, 6.45) is 2.17. The van der Waals surface area contributed by atoms with E-state index in [0.717, 1.165) is 12.8 Å². The van der Waals surface area contributed by atoms with Crippen molar-refractivity contribution in [2.45, 2.75) is 25.3 Å². The van der Waals surface area contributed by atoms with Crippen LogP contribution in [0.2, 0.25) is 0 Å². The first-order valence-corrected chi connectivity index (χ1v) is 7.21. The van der Waals surface area contributed by atoms with Gasteiger partial charge in [-0.1, -0.05) is 60.7 Å². The minimum absolute atomic E-state index is 0.223. The number of rotatable bonds is 7. The Balaban J connectivity index is 2.08. The molecule has 0 aliphatic carbocycles. The second-order valence-corrected chi connectivity index (χ2v) is 5.43. The Hall–Kier alpha value is -2.13. The average molecular weight is 283 g/mol. The molecule has 3 nitrogen and oxygen atoms in total. The predicted octanol–water partition coefficient (Wildman–Crippen LogP) is 2.89. The molecule has 21 heavy (non-hydrogen) atoms. The van der Waals surface area contributed by atoms with Crippen LogP contribution < -0.4 is 5.73 Å². The van der Waals surface area contributed by atoms with Crippen LogP contribution in [0.1, 0.15) is 17.5 Å². The van der Waals surface area contributed by atoms with Gasteiger partial charge in [0.25, 0.3) is 0 Å². The van der Waals surface area contributed by atoms with Crippen LogP contribution in [-0.2, 0) is 17.6 Å². The lowest BCUT2D eigenvalue weighted by Gasteiger charge is -2.19. The molecule has 0 heterocycles. The third kappa shape index (κ3) is 5.04. The Morgan fingerprint density at radius 2 is 1.33 bits per heavy atom. The molecule has 0 saturated heterocycles. The van der Waals surface area contributed by atoms with Gasteiger partial charge < -0.3 is 10.8 Å². The number of nitrogens with two attached hydrogens (primary N) is 1. The van der Waals surface area contributed by atoms with E-state index in [0.29, 0.717) is 6.42 Å². The van der Waals surface area contributed by atoms with Gasteiger partial charge in [-0.2, -0.15) is 0 Å². The summed E-state index contributed by atoms with van der Waals surface area (Å²) in [5.74, 6) is -0.706. The standard InChI is InChI=1S/C18H21NO2/c19-17(18(20)21)13-16(11-14-7-3-1-4-8-14)12-15-9-5-2-6-10-15/h1-10,16-17H,11-13,19H2,(H,20,21)/t17-/m0/s1. The van der Waals surface area contributed by atoms with E-state index < -0.39 is 12.0 Å². The van der Waals surface area contributed by atoms with Crippen molar-refractivity contribution >= 4 is 5.97 Å². The van der Waals surface area contributed by atoms with E-state index in [1.54, 1.807) is 0 Å². The lowest BCUT2D eigenvalue weighted by atomic mass is 9.87. The second-order valence-electron chi connectivity index (χ2n) is 5.43. The molecule has 0 bridgehead atoms. The molecule has 0 aliphatic rings. The number of hydrogen-bond acceptors (Lipinski definition) is 2. The lowest BCUT2D eigenvalue weighted by Crippen LogP contribution is -2.33. The third-order valence-electron chi connectivity index (χ3n) is 3.64. The van der Waals surface area contributed by atoms with Gasteiger partial charge in [0, 0.05) is 0 Å². The molecule has 0 aromatic heterocycles. The molecule has 0 saturated carbocycles. The van der Waals surface area contributed by atoms with Crippen LogP contribution in [0, 0.1) is 5.92 Å². The van der Waals surface area contributed by atoms with Gasteiger partial charge in [0.2, 0.25) is 0 Å². The Morgan fingerprint density at radius 1 is 0.905 bits per heavy atom. The summed E-state index contributed by atoms with van der Waals surface area (Å²) in [6.45, 7) is 0. The zero-order valence-electron chi connectivity index (χ0n) is 12.0. The second kappa shape index (κ2) is 7.60. The van der Waals surface area contributed by atoms with Gasteiger partial charge in [-0.05, 0) is 36.3 Å². The summed E-state index contributed by atoms with van der Waals surface area (Å²) >= 11 is 0. The van der Waals surface area contributed by atoms with E-state index in [1.165, 1.54) is 11.1 Å². The Morgan fingerprint density at radius 3 is 1.71 bits per heavy atom. The summed E-state index contributed by atoms with van der Waals surface area (Å²) in [6, 6.07) is 19.5. The molecule has 3 heteroatoms. The molecular weight excluding hydrogens is 262 g/mol. The van der Waals surface area contributed by atoms with Gasteiger partial charge in [0.15, 0.2) is 0 Å². The quantitative estimate of drug-likeness (QED) is 0.821. The van der Waals surface area contributed by atoms with Crippen molar-refractivity contribution in [3.63, 3.8) is 0 Å². The highest BCUT2D eigenvalue weighted by Gasteiger charge is 2.19. The maximum absolute atomic E-state index is 11.0. The molecule has 3 N–H and O–H groups in total. The number of benzene rings is 2. The van der Waals surface area contributed by atoms with Crippen molar-refractivity contribution in [2.24, 2.45) is 11.7 Å². The monoisotopic (exact) mass is 283 g/mol. The SMILES string of the molecule is N[C@@H](CC(Cc1ccccc1)Cc1ccccc1)C(=O)O. The minimum atomic E-state index is -0.930. The van der Waals surface area contributed by atoms with Gasteiger partial charge in [0.05, 0.1) is 0 Å². The topological polar surface area (TPSA) is 63.3 Å². The fourth-order valence-electron chi connectivity index (χ4n) is 2.59. The molecule has 0 radical (unpaired) electrons. The molecule has 0 amide bonds. The van der Waals surface area contributed by atoms with Crippen molar-refractivity contribution in [1.29, 1.82) is 0 Å². The highest BCUT2D eigenvalue weighted by atomic mass is 16.4. The maximum atomic E-state index is 11.0. The highest BCUT2D eigenvalue weighted by molar-refractivity contribution is 5.73. The zero-order valence-corrected chi connectivity index (χ0v) is 12.0. The summed E-state index contributed by atoms with van der Waals surface area (Å²) in [5.41, 5.74) is 8.16. The van der Waals surface area contributed by atoms with Crippen molar-refractivity contribution in [2.75, 3.05) is 0 Å². The number of hydrogen-bond donors (Lipinski definition) is 2. The Bertz CT molecular complexity index is 512. The van der Waals surface area contributed by atoms with Gasteiger partial charge in [-0.15, -0.1) is 0 Å². The summed E-state index contributed by atoms with van der Waals surface area (Å²) in [7, 11) is 0. The van der Waals surface area contributed by atoms with E-state index in [9.17, 15) is 4.79 Å². The minimum Gasteiger partial charge on any atom is -0.480 e. The smallest absolute Gasteiger partial charge is 0.320 e. The van der Waals surface area contributed by atoms with Gasteiger partial charge >= 0.3 is 5.97 Å². The Labute approximate surface area is 125 Å². The summed E-state index contributed by atoms with van der Waals surface area (Å²) in [4.78, 5) is 11.0. The van der Waals surface area contributed by atoms with E-state index in [4.69, 9.17) is 10.8 Å². The molecule has 0 unspecified atom stereocenters. The van der Waals surface area contributed by atoms with Crippen LogP contribution in [-0.4, -0.2) is 17.1 Å². The third-order valence-corrected chi connectivity index (χ3v) is 3.64. The fraction of sp³-hybridized carbons (Fsp3) is 0.278. The van der Waals surface area contributed by atoms with Crippen LogP contribution in [0.5, 0.6) is 0 Å². The zero-order chi connectivity index (χ0) is 15.1. The first kappa shape index (κ1) is 15.3. The molecule has 2 aromatic carbocycles. The molecular formula is C18H21NO2. The normalized spacial score (nSPS) is 12.3. The van der Waals surface area contributed by atoms with Crippen LogP contribution in [0.15, 0.2) is 60.7 Å². The Kier molecular flexibility index (Phi) is 5.52. The van der Waals surface area contributed by atoms with Crippen molar-refractivity contribution < 1.29 is 9.90 Å². The predicted molar refractivity (Wildman–Crippen MR) is 84.0 cm³/mol. The molecule has 2 aromatic rings. The van der Waals surface area contributed by atoms with Crippen LogP contribution >= 0.6 is 0 Å². The average Bonchev–Trinajstić information content (AvgIpc) is 2.49. The number of carboxylic acids is 1. The highest BCUT2D eigenvalue weighted by Crippen LogP contribution is 2.19. The van der Waals surface area contributed by atoms with E-state index >= 15 is 0 Å². The first-order chi connectivity index (χ1) is 10.1. The molecule has 0 fully saturated rings. The molecule has 0 aliphatic heterocycles. The molecule has 1 atom stereocenters. The summed E-state index contributed by atoms with van der Waals surface area (Å²) in [5, 5.41) is 9.04. The van der Waals surface area contributed by atoms with Gasteiger partial charge in [-0.3, -0.25) is 4.79 Å². The number of aliphatic carboxylic acids is 1. The molecule has 2 rings (SSSR count). The van der Waals surface area contributed by atoms with Crippen LogP contribution in [0.4, 0.5) is 0 Å². The number of carbonyl (C=O) groups is 1. The number of carboxylic acid groups (broad SMARTS) is 1. The van der Waals surface area contributed by atoms with Crippen LogP contribution in [0.3, 0.4) is 0 Å². The van der Waals surface area contributed by atoms with E-state index in [-0.39, 0.29) is 5.92 Å². The van der Waals surface area contributed by atoms with Crippen LogP contribution in [0.25, 0.3) is 0 Å². The van der Waals surface area contributed by atoms with Crippen molar-refractivity contribution in [1.82, 2.24) is 0 Å². The first-order valence-electron chi connectivity index (χ1n) is 7.21. The van der Waals surface area contributed by atoms with Crippen molar-refractivity contribution in [3.8, 4) is 0 Å². The fourth-order valence-corrected chi connectivity index (χ4v) is 2.59. The van der Waals surface area contributed by atoms with Crippen molar-refractivity contribution in [3.05, 3.63) is 71.8 Å². The van der Waals surface area contributed by atoms with E-state index in [2.05, 4.69) is 24.3 Å². The summed E-state index contributed by atoms with van der Waals surface area (Å²) < 4.78 is 0. The largest absolute Gasteiger partial charge is 0.480 e. The molecule has 0 spiro atoms.